The monoisotopic (exact) mass is 135 g/mol. The molecule has 0 aliphatic carbocycles. The van der Waals surface area contributed by atoms with E-state index in [1.54, 1.807) is 0 Å². The van der Waals surface area contributed by atoms with Gasteiger partial charge in [0, 0.05) is 10.6 Å². The second-order valence-electron chi connectivity index (χ2n) is 0.891. The average molecular weight is 136 g/mol. The van der Waals surface area contributed by atoms with Crippen molar-refractivity contribution in [2.24, 2.45) is 0 Å². The Hall–Kier alpha value is -0.190. The quantitative estimate of drug-likeness (QED) is 0.542. The largest absolute Gasteiger partial charge is 0.198 e. The minimum atomic E-state index is 0.199. The van der Waals surface area contributed by atoms with Crippen LogP contribution in [0.15, 0.2) is 10.6 Å². The molecule has 0 fully saturated rings. The summed E-state index contributed by atoms with van der Waals surface area (Å²) in [6, 6.07) is 1.83. The molecule has 0 aromatic heterocycles. The Kier molecular flexibility index (Phi) is 3.87. The molecule has 0 unspecified atom stereocenters. The fourth-order valence-corrected chi connectivity index (χ4v) is 0.251. The van der Waals surface area contributed by atoms with E-state index in [-0.39, 0.29) is 6.42 Å². The molecule has 0 rings (SSSR count). The highest BCUT2D eigenvalue weighted by atomic mass is 35.5. The minimum Gasteiger partial charge on any atom is -0.198 e. The van der Waals surface area contributed by atoms with Crippen LogP contribution in [0.5, 0.6) is 0 Å². The van der Waals surface area contributed by atoms with Crippen LogP contribution in [0.25, 0.3) is 0 Å². The van der Waals surface area contributed by atoms with Gasteiger partial charge in [-0.2, -0.15) is 5.26 Å². The summed E-state index contributed by atoms with van der Waals surface area (Å²) in [5.41, 5.74) is 1.19. The molecule has 1 nitrogen and oxygen atoms in total. The molecule has 0 aromatic carbocycles. The van der Waals surface area contributed by atoms with Gasteiger partial charge in [-0.15, -0.1) is 0 Å². The molecule has 0 spiro atoms. The van der Waals surface area contributed by atoms with Crippen LogP contribution in [-0.2, 0) is 0 Å². The molecule has 3 heteroatoms. The number of nitriles is 1. The molecule has 0 heterocycles. The van der Waals surface area contributed by atoms with Crippen molar-refractivity contribution in [1.82, 2.24) is 0 Å². The van der Waals surface area contributed by atoms with E-state index in [9.17, 15) is 0 Å². The van der Waals surface area contributed by atoms with Gasteiger partial charge in [0.15, 0.2) is 0 Å². The molecule has 0 N–H and O–H groups in total. The summed E-state index contributed by atoms with van der Waals surface area (Å²) in [4.78, 5) is 0. The van der Waals surface area contributed by atoms with Gasteiger partial charge in [-0.3, -0.25) is 0 Å². The molecule has 0 saturated carbocycles. The molecule has 0 aliphatic rings. The van der Waals surface area contributed by atoms with Crippen LogP contribution >= 0.6 is 23.2 Å². The predicted octanol–water partition coefficient (Wildman–Crippen LogP) is 2.22. The highest BCUT2D eigenvalue weighted by Crippen LogP contribution is 2.05. The van der Waals surface area contributed by atoms with Crippen molar-refractivity contribution in [3.05, 3.63) is 10.6 Å². The van der Waals surface area contributed by atoms with E-state index >= 15 is 0 Å². The lowest BCUT2D eigenvalue weighted by Crippen LogP contribution is -1.61. The van der Waals surface area contributed by atoms with E-state index in [2.05, 4.69) is 0 Å². The minimum absolute atomic E-state index is 0.199. The Morgan fingerprint density at radius 1 is 1.86 bits per heavy atom. The third-order valence-corrected chi connectivity index (χ3v) is 0.984. The number of nitrogens with zero attached hydrogens (tertiary/aromatic N) is 1. The summed E-state index contributed by atoms with van der Waals surface area (Å²) >= 11 is 10.4. The van der Waals surface area contributed by atoms with Crippen molar-refractivity contribution in [3.8, 4) is 6.07 Å². The maximum absolute atomic E-state index is 7.93. The van der Waals surface area contributed by atoms with Crippen molar-refractivity contribution in [2.75, 3.05) is 0 Å². The van der Waals surface area contributed by atoms with Gasteiger partial charge in [0.2, 0.25) is 0 Å². The standard InChI is InChI=1S/C4H3Cl2N/c5-3-4(6)1-2-7/h3H,1H2. The molecular weight excluding hydrogens is 133 g/mol. The fraction of sp³-hybridized carbons (Fsp3) is 0.250. The second kappa shape index (κ2) is 3.98. The van der Waals surface area contributed by atoms with Crippen molar-refractivity contribution < 1.29 is 0 Å². The van der Waals surface area contributed by atoms with Crippen molar-refractivity contribution in [1.29, 1.82) is 5.26 Å². The fourth-order valence-electron chi connectivity index (χ4n) is 0.114. The zero-order valence-corrected chi connectivity index (χ0v) is 5.00. The first-order valence-corrected chi connectivity index (χ1v) is 2.44. The summed E-state index contributed by atoms with van der Waals surface area (Å²) in [7, 11) is 0. The Morgan fingerprint density at radius 2 is 2.43 bits per heavy atom. The van der Waals surface area contributed by atoms with E-state index in [0.29, 0.717) is 5.03 Å². The van der Waals surface area contributed by atoms with Crippen LogP contribution < -0.4 is 0 Å². The van der Waals surface area contributed by atoms with Crippen LogP contribution in [-0.4, -0.2) is 0 Å². The van der Waals surface area contributed by atoms with Crippen LogP contribution in [0.3, 0.4) is 0 Å². The summed E-state index contributed by atoms with van der Waals surface area (Å²) in [5.74, 6) is 0. The van der Waals surface area contributed by atoms with Crippen LogP contribution in [0.2, 0.25) is 0 Å². The van der Waals surface area contributed by atoms with Crippen molar-refractivity contribution >= 4 is 23.2 Å². The molecule has 0 atom stereocenters. The van der Waals surface area contributed by atoms with Gasteiger partial charge in [-0.25, -0.2) is 0 Å². The normalized spacial score (nSPS) is 10.7. The number of hydrogen-bond donors (Lipinski definition) is 0. The molecule has 0 amide bonds. The lowest BCUT2D eigenvalue weighted by atomic mass is 10.5. The van der Waals surface area contributed by atoms with Crippen LogP contribution in [0, 0.1) is 11.3 Å². The summed E-state index contributed by atoms with van der Waals surface area (Å²) < 4.78 is 0. The van der Waals surface area contributed by atoms with Gasteiger partial charge in [0.1, 0.15) is 0 Å². The highest BCUT2D eigenvalue weighted by Gasteiger charge is 1.83. The van der Waals surface area contributed by atoms with E-state index < -0.39 is 0 Å². The molecule has 0 bridgehead atoms. The first-order chi connectivity index (χ1) is 3.31. The Morgan fingerprint density at radius 3 is 2.57 bits per heavy atom. The lowest BCUT2D eigenvalue weighted by molar-refractivity contribution is 1.33. The van der Waals surface area contributed by atoms with Crippen molar-refractivity contribution in [2.45, 2.75) is 6.42 Å². The van der Waals surface area contributed by atoms with Gasteiger partial charge in [-0.05, 0) is 0 Å². The molecule has 0 aliphatic heterocycles. The van der Waals surface area contributed by atoms with E-state index in [4.69, 9.17) is 28.5 Å². The third-order valence-electron chi connectivity index (χ3n) is 0.366. The summed E-state index contributed by atoms with van der Waals surface area (Å²) in [5, 5.41) is 8.31. The molecule has 38 valence electrons. The third kappa shape index (κ3) is 3.65. The Labute approximate surface area is 52.1 Å². The highest BCUT2D eigenvalue weighted by molar-refractivity contribution is 6.36. The zero-order chi connectivity index (χ0) is 5.70. The van der Waals surface area contributed by atoms with Crippen LogP contribution in [0.4, 0.5) is 0 Å². The van der Waals surface area contributed by atoms with E-state index in [1.165, 1.54) is 5.54 Å². The van der Waals surface area contributed by atoms with Gasteiger partial charge in [-0.1, -0.05) is 23.2 Å². The van der Waals surface area contributed by atoms with Gasteiger partial charge < -0.3 is 0 Å². The molecule has 0 radical (unpaired) electrons. The topological polar surface area (TPSA) is 23.8 Å². The number of rotatable bonds is 1. The Bertz CT molecular complexity index is 111. The lowest BCUT2D eigenvalue weighted by Gasteiger charge is -1.77. The summed E-state index contributed by atoms with van der Waals surface area (Å²) in [6.07, 6.45) is 0.199. The molecule has 0 aromatic rings. The SMILES string of the molecule is N#CCC(Cl)=CCl. The molecule has 7 heavy (non-hydrogen) atoms. The summed E-state index contributed by atoms with van der Waals surface area (Å²) in [6.45, 7) is 0. The van der Waals surface area contributed by atoms with E-state index in [1.807, 2.05) is 6.07 Å². The maximum atomic E-state index is 7.93. The predicted molar refractivity (Wildman–Crippen MR) is 30.0 cm³/mol. The first kappa shape index (κ1) is 6.81. The van der Waals surface area contributed by atoms with Gasteiger partial charge in [0.25, 0.3) is 0 Å². The number of halogens is 2. The van der Waals surface area contributed by atoms with Gasteiger partial charge >= 0.3 is 0 Å². The Balaban J connectivity index is 3.43. The number of hydrogen-bond acceptors (Lipinski definition) is 1. The van der Waals surface area contributed by atoms with E-state index in [0.717, 1.165) is 0 Å². The first-order valence-electron chi connectivity index (χ1n) is 1.63. The van der Waals surface area contributed by atoms with Gasteiger partial charge in [0.05, 0.1) is 12.5 Å². The number of allylic oxidation sites excluding steroid dienone is 1. The van der Waals surface area contributed by atoms with Crippen LogP contribution in [0.1, 0.15) is 6.42 Å². The zero-order valence-electron chi connectivity index (χ0n) is 3.49. The average Bonchev–Trinajstić information content (AvgIpc) is 1.68. The molecule has 0 saturated heterocycles. The molecular formula is C4H3Cl2N. The second-order valence-corrected chi connectivity index (χ2v) is 1.59. The maximum Gasteiger partial charge on any atom is 0.0718 e. The van der Waals surface area contributed by atoms with Crippen molar-refractivity contribution in [3.63, 3.8) is 0 Å². The smallest absolute Gasteiger partial charge is 0.0718 e.